The van der Waals surface area contributed by atoms with Crippen LogP contribution in [0, 0.1) is 5.41 Å². The molecule has 1 saturated heterocycles. The zero-order valence-corrected chi connectivity index (χ0v) is 14.0. The summed E-state index contributed by atoms with van der Waals surface area (Å²) >= 11 is 5.91. The van der Waals surface area contributed by atoms with Crippen LogP contribution in [0.15, 0.2) is 24.3 Å². The number of benzene rings is 1. The molecule has 1 heterocycles. The molecule has 1 aromatic rings. The normalized spacial score (nSPS) is 16.5. The lowest BCUT2D eigenvalue weighted by atomic mass is 9.89. The van der Waals surface area contributed by atoms with Crippen LogP contribution in [0.5, 0.6) is 0 Å². The van der Waals surface area contributed by atoms with Gasteiger partial charge in [-0.3, -0.25) is 9.59 Å². The molecule has 0 radical (unpaired) electrons. The van der Waals surface area contributed by atoms with E-state index in [0.29, 0.717) is 23.8 Å². The van der Waals surface area contributed by atoms with E-state index in [1.54, 1.807) is 43.0 Å². The van der Waals surface area contributed by atoms with E-state index in [1.807, 2.05) is 7.05 Å². The first-order valence-corrected chi connectivity index (χ1v) is 7.73. The second-order valence-electron chi connectivity index (χ2n) is 6.18. The van der Waals surface area contributed by atoms with Crippen molar-refractivity contribution in [2.24, 2.45) is 5.41 Å². The Morgan fingerprint density at radius 3 is 2.41 bits per heavy atom. The fraction of sp³-hybridized carbons (Fsp3) is 0.500. The van der Waals surface area contributed by atoms with Crippen LogP contribution in [-0.4, -0.2) is 54.8 Å². The number of hydrogen-bond acceptors (Lipinski definition) is 3. The Morgan fingerprint density at radius 1 is 1.18 bits per heavy atom. The predicted octanol–water partition coefficient (Wildman–Crippen LogP) is 2.08. The number of anilines is 1. The first-order valence-electron chi connectivity index (χ1n) is 7.35. The maximum absolute atomic E-state index is 12.6. The van der Waals surface area contributed by atoms with E-state index < -0.39 is 5.41 Å². The van der Waals surface area contributed by atoms with Gasteiger partial charge in [-0.05, 0) is 39.1 Å². The standard InChI is InChI=1S/C16H22ClN3O2/c1-16(2,15(22)20-9-7-19(3)8-10-20)14(21)18-13-6-4-5-12(17)11-13/h4-6,11H,7-10H2,1-3H3,(H,18,21). The number of likely N-dealkylation sites (N-methyl/N-ethyl adjacent to an activating group) is 1. The molecule has 120 valence electrons. The molecule has 2 rings (SSSR count). The molecule has 1 fully saturated rings. The number of nitrogens with zero attached hydrogens (tertiary/aromatic N) is 2. The van der Waals surface area contributed by atoms with E-state index in [4.69, 9.17) is 11.6 Å². The lowest BCUT2D eigenvalue weighted by molar-refractivity contribution is -0.147. The Hall–Kier alpha value is -1.59. The van der Waals surface area contributed by atoms with Gasteiger partial charge in [0.25, 0.3) is 0 Å². The van der Waals surface area contributed by atoms with Crippen LogP contribution in [0.3, 0.4) is 0 Å². The molecule has 1 aliphatic heterocycles. The first-order chi connectivity index (χ1) is 10.3. The summed E-state index contributed by atoms with van der Waals surface area (Å²) in [5.41, 5.74) is -0.519. The monoisotopic (exact) mass is 323 g/mol. The summed E-state index contributed by atoms with van der Waals surface area (Å²) in [6.07, 6.45) is 0. The molecule has 0 aromatic heterocycles. The molecule has 5 nitrogen and oxygen atoms in total. The van der Waals surface area contributed by atoms with Crippen LogP contribution in [0.1, 0.15) is 13.8 Å². The minimum atomic E-state index is -1.11. The molecule has 0 aliphatic carbocycles. The number of rotatable bonds is 3. The van der Waals surface area contributed by atoms with Gasteiger partial charge in [0, 0.05) is 36.9 Å². The Kier molecular flexibility index (Phi) is 5.08. The fourth-order valence-electron chi connectivity index (χ4n) is 2.36. The van der Waals surface area contributed by atoms with Crippen LogP contribution in [0.25, 0.3) is 0 Å². The molecule has 1 aliphatic rings. The molecule has 0 spiro atoms. The number of amides is 2. The van der Waals surface area contributed by atoms with Crippen molar-refractivity contribution < 1.29 is 9.59 Å². The summed E-state index contributed by atoms with van der Waals surface area (Å²) in [5, 5.41) is 3.31. The number of carbonyl (C=O) groups is 2. The summed E-state index contributed by atoms with van der Waals surface area (Å²) in [4.78, 5) is 29.1. The van der Waals surface area contributed by atoms with Gasteiger partial charge >= 0.3 is 0 Å². The van der Waals surface area contributed by atoms with E-state index in [0.717, 1.165) is 13.1 Å². The third-order valence-electron chi connectivity index (χ3n) is 3.98. The van der Waals surface area contributed by atoms with Gasteiger partial charge in [0.15, 0.2) is 0 Å². The molecular weight excluding hydrogens is 302 g/mol. The van der Waals surface area contributed by atoms with Crippen LogP contribution in [0.4, 0.5) is 5.69 Å². The highest BCUT2D eigenvalue weighted by Gasteiger charge is 2.39. The number of piperazine rings is 1. The van der Waals surface area contributed by atoms with Gasteiger partial charge in [0.1, 0.15) is 5.41 Å². The molecular formula is C16H22ClN3O2. The first kappa shape index (κ1) is 16.8. The molecule has 0 bridgehead atoms. The molecule has 0 saturated carbocycles. The smallest absolute Gasteiger partial charge is 0.239 e. The quantitative estimate of drug-likeness (QED) is 0.867. The highest BCUT2D eigenvalue weighted by molar-refractivity contribution is 6.31. The van der Waals surface area contributed by atoms with Gasteiger partial charge in [-0.1, -0.05) is 17.7 Å². The molecule has 1 N–H and O–H groups in total. The predicted molar refractivity (Wildman–Crippen MR) is 87.9 cm³/mol. The number of carbonyl (C=O) groups excluding carboxylic acids is 2. The van der Waals surface area contributed by atoms with Gasteiger partial charge < -0.3 is 15.1 Å². The minimum Gasteiger partial charge on any atom is -0.339 e. The minimum absolute atomic E-state index is 0.139. The second-order valence-corrected chi connectivity index (χ2v) is 6.62. The average Bonchev–Trinajstić information content (AvgIpc) is 2.47. The van der Waals surface area contributed by atoms with Gasteiger partial charge in [0.05, 0.1) is 0 Å². The highest BCUT2D eigenvalue weighted by Crippen LogP contribution is 2.23. The van der Waals surface area contributed by atoms with Crippen molar-refractivity contribution in [1.82, 2.24) is 9.80 Å². The van der Waals surface area contributed by atoms with Crippen molar-refractivity contribution in [3.63, 3.8) is 0 Å². The summed E-state index contributed by atoms with van der Waals surface area (Å²) in [6, 6.07) is 6.90. The fourth-order valence-corrected chi connectivity index (χ4v) is 2.55. The molecule has 2 amide bonds. The summed E-state index contributed by atoms with van der Waals surface area (Å²) in [6.45, 7) is 6.29. The lowest BCUT2D eigenvalue weighted by Crippen LogP contribution is -2.53. The van der Waals surface area contributed by atoms with Crippen molar-refractivity contribution in [2.45, 2.75) is 13.8 Å². The number of halogens is 1. The zero-order valence-electron chi connectivity index (χ0n) is 13.2. The average molecular weight is 324 g/mol. The highest BCUT2D eigenvalue weighted by atomic mass is 35.5. The van der Waals surface area contributed by atoms with Crippen LogP contribution < -0.4 is 5.32 Å². The SMILES string of the molecule is CN1CCN(C(=O)C(C)(C)C(=O)Nc2cccc(Cl)c2)CC1. The van der Waals surface area contributed by atoms with Crippen LogP contribution >= 0.6 is 11.6 Å². The van der Waals surface area contributed by atoms with Crippen LogP contribution in [-0.2, 0) is 9.59 Å². The van der Waals surface area contributed by atoms with Crippen molar-refractivity contribution in [2.75, 3.05) is 38.5 Å². The maximum atomic E-state index is 12.6. The second kappa shape index (κ2) is 6.67. The Bertz CT molecular complexity index is 566. The number of nitrogens with one attached hydrogen (secondary N) is 1. The number of hydrogen-bond donors (Lipinski definition) is 1. The van der Waals surface area contributed by atoms with E-state index in [1.165, 1.54) is 0 Å². The third kappa shape index (κ3) is 3.78. The topological polar surface area (TPSA) is 52.7 Å². The molecule has 22 heavy (non-hydrogen) atoms. The van der Waals surface area contributed by atoms with Crippen LogP contribution in [0.2, 0.25) is 5.02 Å². The summed E-state index contributed by atoms with van der Waals surface area (Å²) in [5.74, 6) is -0.459. The van der Waals surface area contributed by atoms with Gasteiger partial charge in [-0.15, -0.1) is 0 Å². The van der Waals surface area contributed by atoms with E-state index in [2.05, 4.69) is 10.2 Å². The Morgan fingerprint density at radius 2 is 1.82 bits per heavy atom. The summed E-state index contributed by atoms with van der Waals surface area (Å²) < 4.78 is 0. The third-order valence-corrected chi connectivity index (χ3v) is 4.21. The van der Waals surface area contributed by atoms with E-state index in [-0.39, 0.29) is 11.8 Å². The molecule has 0 unspecified atom stereocenters. The van der Waals surface area contributed by atoms with E-state index >= 15 is 0 Å². The van der Waals surface area contributed by atoms with Gasteiger partial charge in [-0.25, -0.2) is 0 Å². The van der Waals surface area contributed by atoms with E-state index in [9.17, 15) is 9.59 Å². The molecule has 1 aromatic carbocycles. The largest absolute Gasteiger partial charge is 0.339 e. The Labute approximate surface area is 136 Å². The zero-order chi connectivity index (χ0) is 16.3. The molecule has 6 heteroatoms. The van der Waals surface area contributed by atoms with Crippen molar-refractivity contribution >= 4 is 29.1 Å². The molecule has 0 atom stereocenters. The van der Waals surface area contributed by atoms with Crippen molar-refractivity contribution in [3.8, 4) is 0 Å². The summed E-state index contributed by atoms with van der Waals surface area (Å²) in [7, 11) is 2.03. The van der Waals surface area contributed by atoms with Gasteiger partial charge in [0.2, 0.25) is 11.8 Å². The Balaban J connectivity index is 2.05. The van der Waals surface area contributed by atoms with Crippen molar-refractivity contribution in [3.05, 3.63) is 29.3 Å². The van der Waals surface area contributed by atoms with Gasteiger partial charge in [-0.2, -0.15) is 0 Å². The maximum Gasteiger partial charge on any atom is 0.239 e. The lowest BCUT2D eigenvalue weighted by Gasteiger charge is -2.36. The van der Waals surface area contributed by atoms with Crippen molar-refractivity contribution in [1.29, 1.82) is 0 Å².